The van der Waals surface area contributed by atoms with Crippen LogP contribution in [0.2, 0.25) is 0 Å². The topological polar surface area (TPSA) is 51.0 Å². The van der Waals surface area contributed by atoms with Gasteiger partial charge in [0.2, 0.25) is 5.89 Å². The maximum absolute atomic E-state index is 5.46. The van der Waals surface area contributed by atoms with Gasteiger partial charge in [0.25, 0.3) is 0 Å². The van der Waals surface area contributed by atoms with Crippen LogP contribution in [0.1, 0.15) is 50.9 Å². The van der Waals surface area contributed by atoms with Crippen molar-refractivity contribution >= 4 is 0 Å². The molecule has 1 heterocycles. The summed E-state index contributed by atoms with van der Waals surface area (Å²) in [6, 6.07) is 10.6. The van der Waals surface area contributed by atoms with E-state index in [2.05, 4.69) is 55.3 Å². The second-order valence-corrected chi connectivity index (χ2v) is 5.81. The lowest BCUT2D eigenvalue weighted by Gasteiger charge is -2.21. The number of hydrogen-bond acceptors (Lipinski definition) is 4. The van der Waals surface area contributed by atoms with Crippen molar-refractivity contribution in [3.05, 3.63) is 47.6 Å². The van der Waals surface area contributed by atoms with Gasteiger partial charge in [-0.05, 0) is 33.4 Å². The van der Waals surface area contributed by atoms with Crippen LogP contribution in [0.3, 0.4) is 0 Å². The van der Waals surface area contributed by atoms with Crippen molar-refractivity contribution in [2.75, 3.05) is 7.05 Å². The first-order valence-electron chi connectivity index (χ1n) is 7.03. The van der Waals surface area contributed by atoms with Gasteiger partial charge in [-0.25, -0.2) is 0 Å². The molecule has 20 heavy (non-hydrogen) atoms. The Morgan fingerprint density at radius 2 is 1.80 bits per heavy atom. The number of likely N-dealkylation sites (N-methyl/N-ethyl adjacent to an activating group) is 1. The third-order valence-electron chi connectivity index (χ3n) is 4.09. The van der Waals surface area contributed by atoms with Gasteiger partial charge in [0.1, 0.15) is 0 Å². The standard InChI is InChI=1S/C16H23N3O/c1-11(12(2)17-5)14-18-15(19-20-14)16(3,4)13-9-7-6-8-10-13/h6-12,17H,1-5H3. The van der Waals surface area contributed by atoms with Crippen molar-refractivity contribution in [2.45, 2.75) is 45.1 Å². The highest BCUT2D eigenvalue weighted by Crippen LogP contribution is 2.30. The minimum Gasteiger partial charge on any atom is -0.339 e. The Balaban J connectivity index is 2.28. The lowest BCUT2D eigenvalue weighted by molar-refractivity contribution is 0.329. The fraction of sp³-hybridized carbons (Fsp3) is 0.500. The van der Waals surface area contributed by atoms with E-state index in [1.807, 2.05) is 25.2 Å². The fourth-order valence-electron chi connectivity index (χ4n) is 2.12. The highest BCUT2D eigenvalue weighted by molar-refractivity contribution is 5.30. The number of aromatic nitrogens is 2. The minimum absolute atomic E-state index is 0.188. The second kappa shape index (κ2) is 5.75. The predicted molar refractivity (Wildman–Crippen MR) is 79.8 cm³/mol. The summed E-state index contributed by atoms with van der Waals surface area (Å²) in [5, 5.41) is 7.40. The molecule has 0 saturated carbocycles. The molecule has 2 rings (SSSR count). The summed E-state index contributed by atoms with van der Waals surface area (Å²) in [7, 11) is 1.94. The lowest BCUT2D eigenvalue weighted by atomic mass is 9.84. The molecule has 0 radical (unpaired) electrons. The lowest BCUT2D eigenvalue weighted by Crippen LogP contribution is -2.27. The Hall–Kier alpha value is -1.68. The molecule has 2 unspecified atom stereocenters. The van der Waals surface area contributed by atoms with Gasteiger partial charge in [0, 0.05) is 6.04 Å². The number of nitrogens with one attached hydrogen (secondary N) is 1. The third-order valence-corrected chi connectivity index (χ3v) is 4.09. The van der Waals surface area contributed by atoms with Gasteiger partial charge in [-0.2, -0.15) is 4.98 Å². The summed E-state index contributed by atoms with van der Waals surface area (Å²) in [4.78, 5) is 4.61. The van der Waals surface area contributed by atoms with E-state index in [9.17, 15) is 0 Å². The van der Waals surface area contributed by atoms with Crippen molar-refractivity contribution < 1.29 is 4.52 Å². The molecule has 0 bridgehead atoms. The van der Waals surface area contributed by atoms with E-state index < -0.39 is 0 Å². The monoisotopic (exact) mass is 273 g/mol. The number of hydrogen-bond donors (Lipinski definition) is 1. The molecular weight excluding hydrogens is 250 g/mol. The molecule has 1 N–H and O–H groups in total. The van der Waals surface area contributed by atoms with Crippen LogP contribution in [0.15, 0.2) is 34.9 Å². The largest absolute Gasteiger partial charge is 0.339 e. The van der Waals surface area contributed by atoms with Crippen molar-refractivity contribution in [1.29, 1.82) is 0 Å². The smallest absolute Gasteiger partial charge is 0.231 e. The molecule has 0 spiro atoms. The highest BCUT2D eigenvalue weighted by atomic mass is 16.5. The van der Waals surface area contributed by atoms with Crippen molar-refractivity contribution in [3.8, 4) is 0 Å². The Morgan fingerprint density at radius 1 is 1.15 bits per heavy atom. The average Bonchev–Trinajstić information content (AvgIpc) is 2.97. The van der Waals surface area contributed by atoms with Crippen LogP contribution in [0.5, 0.6) is 0 Å². The van der Waals surface area contributed by atoms with Gasteiger partial charge in [-0.3, -0.25) is 0 Å². The zero-order chi connectivity index (χ0) is 14.8. The quantitative estimate of drug-likeness (QED) is 0.909. The van der Waals surface area contributed by atoms with Crippen LogP contribution in [0.4, 0.5) is 0 Å². The first kappa shape index (κ1) is 14.7. The SMILES string of the molecule is CNC(C)C(C)c1nc(C(C)(C)c2ccccc2)no1. The van der Waals surface area contributed by atoms with Crippen LogP contribution >= 0.6 is 0 Å². The molecule has 0 aliphatic rings. The zero-order valence-electron chi connectivity index (χ0n) is 12.8. The predicted octanol–water partition coefficient (Wildman–Crippen LogP) is 3.11. The number of rotatable bonds is 5. The van der Waals surface area contributed by atoms with Crippen molar-refractivity contribution in [1.82, 2.24) is 15.5 Å². The molecule has 0 aliphatic carbocycles. The Labute approximate surface area is 120 Å². The van der Waals surface area contributed by atoms with Crippen LogP contribution in [-0.2, 0) is 5.41 Å². The zero-order valence-corrected chi connectivity index (χ0v) is 12.8. The molecule has 0 aliphatic heterocycles. The molecule has 1 aromatic carbocycles. The molecule has 4 nitrogen and oxygen atoms in total. The Bertz CT molecular complexity index is 548. The van der Waals surface area contributed by atoms with Gasteiger partial charge in [-0.15, -0.1) is 0 Å². The third kappa shape index (κ3) is 2.75. The van der Waals surface area contributed by atoms with E-state index in [0.717, 1.165) is 5.82 Å². The van der Waals surface area contributed by atoms with Crippen LogP contribution in [0, 0.1) is 0 Å². The van der Waals surface area contributed by atoms with E-state index in [0.29, 0.717) is 11.9 Å². The summed E-state index contributed by atoms with van der Waals surface area (Å²) in [5.74, 6) is 1.60. The van der Waals surface area contributed by atoms with Gasteiger partial charge < -0.3 is 9.84 Å². The molecule has 108 valence electrons. The van der Waals surface area contributed by atoms with E-state index in [1.54, 1.807) is 0 Å². The normalized spacial score (nSPS) is 15.1. The molecule has 0 saturated heterocycles. The van der Waals surface area contributed by atoms with Gasteiger partial charge in [-0.1, -0.05) is 42.4 Å². The molecule has 0 amide bonds. The first-order valence-corrected chi connectivity index (χ1v) is 7.03. The molecule has 4 heteroatoms. The maximum atomic E-state index is 5.46. The van der Waals surface area contributed by atoms with Crippen LogP contribution < -0.4 is 5.32 Å². The maximum Gasteiger partial charge on any atom is 0.231 e. The van der Waals surface area contributed by atoms with Gasteiger partial charge >= 0.3 is 0 Å². The van der Waals surface area contributed by atoms with Crippen LogP contribution in [-0.4, -0.2) is 23.2 Å². The molecule has 2 atom stereocenters. The Kier molecular flexibility index (Phi) is 4.23. The summed E-state index contributed by atoms with van der Waals surface area (Å²) >= 11 is 0. The number of benzene rings is 1. The Morgan fingerprint density at radius 3 is 2.40 bits per heavy atom. The molecule has 0 fully saturated rings. The second-order valence-electron chi connectivity index (χ2n) is 5.81. The fourth-order valence-corrected chi connectivity index (χ4v) is 2.12. The molecule has 1 aromatic heterocycles. The minimum atomic E-state index is -0.258. The van der Waals surface area contributed by atoms with E-state index in [1.165, 1.54) is 5.56 Å². The summed E-state index contributed by atoms with van der Waals surface area (Å²) < 4.78 is 5.46. The van der Waals surface area contributed by atoms with Crippen molar-refractivity contribution in [2.24, 2.45) is 0 Å². The van der Waals surface area contributed by atoms with E-state index >= 15 is 0 Å². The summed E-state index contributed by atoms with van der Waals surface area (Å²) in [6.07, 6.45) is 0. The summed E-state index contributed by atoms with van der Waals surface area (Å²) in [5.41, 5.74) is 0.924. The number of nitrogens with zero attached hydrogens (tertiary/aromatic N) is 2. The van der Waals surface area contributed by atoms with E-state index in [-0.39, 0.29) is 11.3 Å². The molecule has 2 aromatic rings. The first-order chi connectivity index (χ1) is 9.46. The van der Waals surface area contributed by atoms with Crippen molar-refractivity contribution in [3.63, 3.8) is 0 Å². The van der Waals surface area contributed by atoms with E-state index in [4.69, 9.17) is 4.52 Å². The van der Waals surface area contributed by atoms with Gasteiger partial charge in [0.05, 0.1) is 11.3 Å². The average molecular weight is 273 g/mol. The van der Waals surface area contributed by atoms with Crippen LogP contribution in [0.25, 0.3) is 0 Å². The molecular formula is C16H23N3O. The van der Waals surface area contributed by atoms with Gasteiger partial charge in [0.15, 0.2) is 5.82 Å². The summed E-state index contributed by atoms with van der Waals surface area (Å²) in [6.45, 7) is 8.43. The highest BCUT2D eigenvalue weighted by Gasteiger charge is 2.30.